The first-order chi connectivity index (χ1) is 15.6. The van der Waals surface area contributed by atoms with Gasteiger partial charge in [-0.05, 0) is 51.4 Å². The van der Waals surface area contributed by atoms with Crippen molar-refractivity contribution in [1.29, 1.82) is 0 Å². The number of carbonyl (C=O) groups is 1. The van der Waals surface area contributed by atoms with E-state index in [2.05, 4.69) is 38.2 Å². The van der Waals surface area contributed by atoms with E-state index in [1.54, 1.807) is 0 Å². The SMILES string of the molecule is CCCCC/C=C\C/C=C\CC(CC(O)C(CCCCCC)C(=O)O)O[C@@H]1CCCCO1. The van der Waals surface area contributed by atoms with Crippen LogP contribution < -0.4 is 0 Å². The van der Waals surface area contributed by atoms with Crippen molar-refractivity contribution in [2.75, 3.05) is 6.61 Å². The Morgan fingerprint density at radius 3 is 2.47 bits per heavy atom. The summed E-state index contributed by atoms with van der Waals surface area (Å²) >= 11 is 0. The first-order valence-electron chi connectivity index (χ1n) is 13.1. The molecule has 3 unspecified atom stereocenters. The molecular weight excluding hydrogens is 404 g/mol. The van der Waals surface area contributed by atoms with Crippen molar-refractivity contribution < 1.29 is 24.5 Å². The quantitative estimate of drug-likeness (QED) is 0.167. The van der Waals surface area contributed by atoms with Crippen molar-refractivity contribution in [3.8, 4) is 0 Å². The molecule has 0 aromatic rings. The van der Waals surface area contributed by atoms with E-state index in [-0.39, 0.29) is 12.4 Å². The van der Waals surface area contributed by atoms with E-state index in [0.717, 1.165) is 57.8 Å². The van der Waals surface area contributed by atoms with Gasteiger partial charge < -0.3 is 19.7 Å². The summed E-state index contributed by atoms with van der Waals surface area (Å²) in [5.41, 5.74) is 0. The molecule has 0 spiro atoms. The van der Waals surface area contributed by atoms with Gasteiger partial charge in [0.15, 0.2) is 6.29 Å². The normalized spacial score (nSPS) is 20.0. The zero-order valence-corrected chi connectivity index (χ0v) is 20.6. The topological polar surface area (TPSA) is 76.0 Å². The van der Waals surface area contributed by atoms with Crippen LogP contribution in [-0.2, 0) is 14.3 Å². The monoisotopic (exact) mass is 452 g/mol. The Labute approximate surface area is 196 Å². The first-order valence-corrected chi connectivity index (χ1v) is 13.1. The van der Waals surface area contributed by atoms with E-state index in [0.29, 0.717) is 25.9 Å². The number of carboxylic acid groups (broad SMARTS) is 1. The average Bonchev–Trinajstić information content (AvgIpc) is 2.78. The highest BCUT2D eigenvalue weighted by Gasteiger charge is 2.30. The van der Waals surface area contributed by atoms with Gasteiger partial charge in [-0.25, -0.2) is 0 Å². The van der Waals surface area contributed by atoms with Crippen LogP contribution in [0.2, 0.25) is 0 Å². The van der Waals surface area contributed by atoms with Crippen molar-refractivity contribution >= 4 is 5.97 Å². The second-order valence-electron chi connectivity index (χ2n) is 9.06. The number of hydrogen-bond donors (Lipinski definition) is 2. The highest BCUT2D eigenvalue weighted by atomic mass is 16.7. The molecule has 0 aromatic carbocycles. The molecule has 1 fully saturated rings. The van der Waals surface area contributed by atoms with Gasteiger partial charge in [-0.1, -0.05) is 76.7 Å². The standard InChI is InChI=1S/C27H48O5/c1-3-5-7-9-10-11-12-13-14-18-23(32-26-20-16-17-21-31-26)22-25(28)24(27(29)30)19-15-8-6-4-2/h10-11,13-14,23-26,28H,3-9,12,15-22H2,1-2H3,(H,29,30)/b11-10-,14-13-/t23?,24?,25?,26-/m1/s1. The first kappa shape index (κ1) is 28.9. The molecule has 1 heterocycles. The van der Waals surface area contributed by atoms with E-state index in [1.165, 1.54) is 19.3 Å². The summed E-state index contributed by atoms with van der Waals surface area (Å²) in [6.45, 7) is 5.05. The highest BCUT2D eigenvalue weighted by Crippen LogP contribution is 2.24. The number of rotatable bonds is 19. The summed E-state index contributed by atoms with van der Waals surface area (Å²) in [6.07, 6.45) is 21.6. The molecule has 0 bridgehead atoms. The third-order valence-electron chi connectivity index (χ3n) is 6.12. The Morgan fingerprint density at radius 2 is 1.78 bits per heavy atom. The number of unbranched alkanes of at least 4 members (excludes halogenated alkanes) is 6. The van der Waals surface area contributed by atoms with E-state index in [1.807, 2.05) is 0 Å². The van der Waals surface area contributed by atoms with Gasteiger partial charge >= 0.3 is 5.97 Å². The van der Waals surface area contributed by atoms with Crippen LogP contribution in [0.4, 0.5) is 0 Å². The Bertz CT molecular complexity index is 510. The van der Waals surface area contributed by atoms with Crippen molar-refractivity contribution in [3.05, 3.63) is 24.3 Å². The van der Waals surface area contributed by atoms with Crippen molar-refractivity contribution in [2.24, 2.45) is 5.92 Å². The molecule has 0 amide bonds. The molecule has 2 N–H and O–H groups in total. The predicted octanol–water partition coefficient (Wildman–Crippen LogP) is 6.79. The Morgan fingerprint density at radius 1 is 1.03 bits per heavy atom. The van der Waals surface area contributed by atoms with Gasteiger partial charge in [-0.2, -0.15) is 0 Å². The molecule has 186 valence electrons. The van der Waals surface area contributed by atoms with Gasteiger partial charge in [0.25, 0.3) is 0 Å². The minimum atomic E-state index is -0.912. The van der Waals surface area contributed by atoms with Crippen LogP contribution >= 0.6 is 0 Å². The van der Waals surface area contributed by atoms with Crippen molar-refractivity contribution in [3.63, 3.8) is 0 Å². The van der Waals surface area contributed by atoms with Gasteiger partial charge in [-0.3, -0.25) is 4.79 Å². The van der Waals surface area contributed by atoms with Gasteiger partial charge in [0.2, 0.25) is 0 Å². The number of aliphatic hydroxyl groups excluding tert-OH is 1. The molecule has 0 aliphatic carbocycles. The fourth-order valence-electron chi connectivity index (χ4n) is 4.09. The molecule has 1 rings (SSSR count). The summed E-state index contributed by atoms with van der Waals surface area (Å²) in [4.78, 5) is 11.8. The number of aliphatic carboxylic acids is 1. The third-order valence-corrected chi connectivity index (χ3v) is 6.12. The van der Waals surface area contributed by atoms with E-state index < -0.39 is 18.0 Å². The molecular formula is C27H48O5. The number of aliphatic hydroxyl groups is 1. The maximum atomic E-state index is 11.8. The summed E-state index contributed by atoms with van der Waals surface area (Å²) in [6, 6.07) is 0. The number of ether oxygens (including phenoxy) is 2. The van der Waals surface area contributed by atoms with Crippen LogP contribution in [0.1, 0.15) is 110 Å². The lowest BCUT2D eigenvalue weighted by Crippen LogP contribution is -2.35. The fourth-order valence-corrected chi connectivity index (χ4v) is 4.09. The van der Waals surface area contributed by atoms with Crippen LogP contribution in [0, 0.1) is 5.92 Å². The molecule has 0 saturated carbocycles. The lowest BCUT2D eigenvalue weighted by molar-refractivity contribution is -0.194. The summed E-state index contributed by atoms with van der Waals surface area (Å²) in [7, 11) is 0. The molecule has 0 radical (unpaired) electrons. The average molecular weight is 453 g/mol. The smallest absolute Gasteiger partial charge is 0.309 e. The maximum Gasteiger partial charge on any atom is 0.309 e. The molecule has 0 aromatic heterocycles. The summed E-state index contributed by atoms with van der Waals surface area (Å²) < 4.78 is 11.9. The lowest BCUT2D eigenvalue weighted by atomic mass is 9.91. The largest absolute Gasteiger partial charge is 0.481 e. The third kappa shape index (κ3) is 14.1. The van der Waals surface area contributed by atoms with Gasteiger partial charge in [-0.15, -0.1) is 0 Å². The van der Waals surface area contributed by atoms with Gasteiger partial charge in [0, 0.05) is 13.0 Å². The Kier molecular flexibility index (Phi) is 17.4. The molecule has 32 heavy (non-hydrogen) atoms. The van der Waals surface area contributed by atoms with E-state index >= 15 is 0 Å². The Balaban J connectivity index is 2.56. The highest BCUT2D eigenvalue weighted by molar-refractivity contribution is 5.70. The van der Waals surface area contributed by atoms with Crippen LogP contribution in [0.5, 0.6) is 0 Å². The second kappa shape index (κ2) is 19.3. The van der Waals surface area contributed by atoms with Gasteiger partial charge in [0.05, 0.1) is 18.1 Å². The molecule has 5 nitrogen and oxygen atoms in total. The fraction of sp³-hybridized carbons (Fsp3) is 0.815. The maximum absolute atomic E-state index is 11.8. The van der Waals surface area contributed by atoms with Crippen LogP contribution in [0.3, 0.4) is 0 Å². The molecule has 1 saturated heterocycles. The Hall–Kier alpha value is -1.17. The van der Waals surface area contributed by atoms with Crippen molar-refractivity contribution in [2.45, 2.75) is 129 Å². The summed E-state index contributed by atoms with van der Waals surface area (Å²) in [5.74, 6) is -1.65. The predicted molar refractivity (Wildman–Crippen MR) is 131 cm³/mol. The second-order valence-corrected chi connectivity index (χ2v) is 9.06. The van der Waals surface area contributed by atoms with Crippen LogP contribution in [-0.4, -0.2) is 41.3 Å². The van der Waals surface area contributed by atoms with Crippen LogP contribution in [0.25, 0.3) is 0 Å². The zero-order valence-electron chi connectivity index (χ0n) is 20.6. The molecule has 5 heteroatoms. The van der Waals surface area contributed by atoms with Crippen molar-refractivity contribution in [1.82, 2.24) is 0 Å². The molecule has 4 atom stereocenters. The van der Waals surface area contributed by atoms with E-state index in [4.69, 9.17) is 9.47 Å². The van der Waals surface area contributed by atoms with E-state index in [9.17, 15) is 15.0 Å². The minimum Gasteiger partial charge on any atom is -0.481 e. The summed E-state index contributed by atoms with van der Waals surface area (Å²) in [5, 5.41) is 20.4. The number of hydrogen-bond acceptors (Lipinski definition) is 4. The van der Waals surface area contributed by atoms with Gasteiger partial charge in [0.1, 0.15) is 0 Å². The number of carboxylic acids is 1. The lowest BCUT2D eigenvalue weighted by Gasteiger charge is -2.29. The number of allylic oxidation sites excluding steroid dienone is 3. The minimum absolute atomic E-state index is 0.240. The zero-order chi connectivity index (χ0) is 23.4. The van der Waals surface area contributed by atoms with Crippen LogP contribution in [0.15, 0.2) is 24.3 Å². The molecule has 1 aliphatic rings. The molecule has 1 aliphatic heterocycles.